The van der Waals surface area contributed by atoms with Crippen LogP contribution in [0.15, 0.2) is 157 Å². The summed E-state index contributed by atoms with van der Waals surface area (Å²) in [5.74, 6) is 1.02. The minimum atomic E-state index is -0.0821. The van der Waals surface area contributed by atoms with Crippen molar-refractivity contribution in [2.45, 2.75) is 12.0 Å². The fourth-order valence-corrected chi connectivity index (χ4v) is 8.04. The smallest absolute Gasteiger partial charge is 0.130 e. The maximum Gasteiger partial charge on any atom is 0.130 e. The van der Waals surface area contributed by atoms with Crippen LogP contribution in [0.25, 0.3) is 42.1 Å². The molecule has 9 rings (SSSR count). The summed E-state index contributed by atoms with van der Waals surface area (Å²) in [5.41, 5.74) is 7.18. The van der Waals surface area contributed by atoms with Gasteiger partial charge >= 0.3 is 0 Å². The van der Waals surface area contributed by atoms with Crippen molar-refractivity contribution in [2.75, 3.05) is 4.90 Å². The molecule has 0 amide bonds. The molecule has 0 saturated heterocycles. The number of rotatable bonds is 4. The number of allylic oxidation sites excluding steroid dienone is 2. The van der Waals surface area contributed by atoms with Crippen LogP contribution in [0.5, 0.6) is 5.75 Å². The zero-order valence-electron chi connectivity index (χ0n) is 23.4. The third kappa shape index (κ3) is 3.86. The van der Waals surface area contributed by atoms with E-state index in [2.05, 4.69) is 157 Å². The van der Waals surface area contributed by atoms with Gasteiger partial charge in [-0.15, -0.1) is 11.3 Å². The van der Waals surface area contributed by atoms with E-state index >= 15 is 0 Å². The van der Waals surface area contributed by atoms with Gasteiger partial charge in [-0.2, -0.15) is 0 Å². The molecule has 2 aliphatic rings. The Hall–Kier alpha value is -5.12. The number of ether oxygens (including phenoxy) is 1. The Balaban J connectivity index is 1.26. The van der Waals surface area contributed by atoms with E-state index in [1.807, 2.05) is 11.3 Å². The summed E-state index contributed by atoms with van der Waals surface area (Å²) in [6.07, 6.45) is 6.57. The molecular weight excluding hydrogens is 543 g/mol. The lowest BCUT2D eigenvalue weighted by Crippen LogP contribution is -2.29. The van der Waals surface area contributed by atoms with Crippen molar-refractivity contribution >= 4 is 53.7 Å². The summed E-state index contributed by atoms with van der Waals surface area (Å²) in [6.45, 7) is 0. The van der Waals surface area contributed by atoms with Crippen molar-refractivity contribution in [1.82, 2.24) is 0 Å². The molecule has 43 heavy (non-hydrogen) atoms. The van der Waals surface area contributed by atoms with Crippen molar-refractivity contribution in [3.05, 3.63) is 163 Å². The average molecular weight is 570 g/mol. The van der Waals surface area contributed by atoms with Gasteiger partial charge in [0.2, 0.25) is 0 Å². The molecule has 1 aliphatic carbocycles. The van der Waals surface area contributed by atoms with Gasteiger partial charge in [-0.25, -0.2) is 0 Å². The highest BCUT2D eigenvalue weighted by atomic mass is 32.1. The van der Waals surface area contributed by atoms with Gasteiger partial charge < -0.3 is 9.64 Å². The molecule has 3 heteroatoms. The second-order valence-electron chi connectivity index (χ2n) is 11.2. The Labute approximate surface area is 254 Å². The first kappa shape index (κ1) is 24.5. The molecule has 1 aliphatic heterocycles. The van der Waals surface area contributed by atoms with Crippen LogP contribution >= 0.6 is 11.3 Å². The van der Waals surface area contributed by atoms with Crippen LogP contribution in [0, 0.1) is 0 Å². The monoisotopic (exact) mass is 569 g/mol. The van der Waals surface area contributed by atoms with E-state index in [1.54, 1.807) is 0 Å². The fraction of sp³-hybridized carbons (Fsp3) is 0.0500. The van der Waals surface area contributed by atoms with Gasteiger partial charge in [-0.05, 0) is 76.5 Å². The first-order valence-corrected chi connectivity index (χ1v) is 15.6. The van der Waals surface area contributed by atoms with Crippen molar-refractivity contribution in [1.29, 1.82) is 0 Å². The van der Waals surface area contributed by atoms with Gasteiger partial charge in [0.1, 0.15) is 11.9 Å². The molecule has 2 unspecified atom stereocenters. The molecule has 2 atom stereocenters. The predicted molar refractivity (Wildman–Crippen MR) is 182 cm³/mol. The molecule has 0 bridgehead atoms. The SMILES string of the molecule is C1=CC2Oc3cc(-c4ccccc4)c4ccccc4c3C2C(N(c2ccccc2)c2ccc3sc4ccccc4c3c2)=C1. The Morgan fingerprint density at radius 3 is 2.12 bits per heavy atom. The highest BCUT2D eigenvalue weighted by molar-refractivity contribution is 7.25. The van der Waals surface area contributed by atoms with Crippen molar-refractivity contribution < 1.29 is 4.74 Å². The van der Waals surface area contributed by atoms with Gasteiger partial charge in [0.05, 0.1) is 5.92 Å². The first-order chi connectivity index (χ1) is 21.3. The molecule has 1 aromatic heterocycles. The van der Waals surface area contributed by atoms with E-state index in [0.717, 1.165) is 17.1 Å². The molecule has 0 fully saturated rings. The molecule has 2 heterocycles. The topological polar surface area (TPSA) is 12.5 Å². The van der Waals surface area contributed by atoms with Crippen molar-refractivity contribution in [3.63, 3.8) is 0 Å². The summed E-state index contributed by atoms with van der Waals surface area (Å²) < 4.78 is 9.42. The van der Waals surface area contributed by atoms with Crippen LogP contribution in [0.2, 0.25) is 0 Å². The number of anilines is 2. The van der Waals surface area contributed by atoms with Crippen LogP contribution in [0.4, 0.5) is 11.4 Å². The predicted octanol–water partition coefficient (Wildman–Crippen LogP) is 11.0. The van der Waals surface area contributed by atoms with Gasteiger partial charge in [-0.3, -0.25) is 0 Å². The van der Waals surface area contributed by atoms with Gasteiger partial charge in [0, 0.05) is 42.8 Å². The number of fused-ring (bicyclic) bond motifs is 8. The van der Waals surface area contributed by atoms with E-state index in [-0.39, 0.29) is 12.0 Å². The summed E-state index contributed by atoms with van der Waals surface area (Å²) in [6, 6.07) is 48.1. The molecule has 0 spiro atoms. The molecule has 204 valence electrons. The van der Waals surface area contributed by atoms with Gasteiger partial charge in [-0.1, -0.05) is 97.1 Å². The number of thiophene rings is 1. The van der Waals surface area contributed by atoms with E-state index in [4.69, 9.17) is 4.74 Å². The summed E-state index contributed by atoms with van der Waals surface area (Å²) in [5, 5.41) is 5.10. The molecular formula is C40H27NOS. The standard InChI is InChI=1S/C40H27NOS/c1-3-12-26(13-4-1)32-25-36-39(31-18-8-7-16-29(31)32)40-34(19-11-20-35(40)42-36)41(27-14-5-2-6-15-27)28-22-23-38-33(24-28)30-17-9-10-21-37(30)43-38/h1-25,35,40H. The van der Waals surface area contributed by atoms with Crippen LogP contribution in [-0.2, 0) is 0 Å². The Bertz CT molecular complexity index is 2230. The van der Waals surface area contributed by atoms with Crippen LogP contribution in [-0.4, -0.2) is 6.10 Å². The minimum absolute atomic E-state index is 0.0462. The lowest BCUT2D eigenvalue weighted by atomic mass is 9.83. The molecule has 0 N–H and O–H groups in total. The van der Waals surface area contributed by atoms with Gasteiger partial charge in [0.25, 0.3) is 0 Å². The Kier molecular flexibility index (Phi) is 5.53. The number of hydrogen-bond donors (Lipinski definition) is 0. The number of benzene rings is 6. The maximum absolute atomic E-state index is 6.80. The van der Waals surface area contributed by atoms with E-state index in [1.165, 1.54) is 53.3 Å². The number of hydrogen-bond acceptors (Lipinski definition) is 3. The second kappa shape index (κ2) is 9.72. The van der Waals surface area contributed by atoms with Crippen LogP contribution < -0.4 is 9.64 Å². The molecule has 2 nitrogen and oxygen atoms in total. The minimum Gasteiger partial charge on any atom is -0.485 e. The largest absolute Gasteiger partial charge is 0.485 e. The lowest BCUT2D eigenvalue weighted by Gasteiger charge is -2.34. The zero-order valence-corrected chi connectivity index (χ0v) is 24.2. The highest BCUT2D eigenvalue weighted by Crippen LogP contribution is 2.53. The lowest BCUT2D eigenvalue weighted by molar-refractivity contribution is 0.264. The maximum atomic E-state index is 6.80. The van der Waals surface area contributed by atoms with E-state index < -0.39 is 0 Å². The molecule has 0 saturated carbocycles. The van der Waals surface area contributed by atoms with E-state index in [9.17, 15) is 0 Å². The third-order valence-electron chi connectivity index (χ3n) is 8.81. The third-order valence-corrected chi connectivity index (χ3v) is 9.96. The molecule has 6 aromatic carbocycles. The van der Waals surface area contributed by atoms with Crippen molar-refractivity contribution in [3.8, 4) is 16.9 Å². The molecule has 7 aromatic rings. The highest BCUT2D eigenvalue weighted by Gasteiger charge is 2.41. The Morgan fingerprint density at radius 2 is 1.28 bits per heavy atom. The average Bonchev–Trinajstić information content (AvgIpc) is 3.64. The number of para-hydroxylation sites is 1. The summed E-state index contributed by atoms with van der Waals surface area (Å²) in [4.78, 5) is 2.44. The normalized spacial score (nSPS) is 17.1. The summed E-state index contributed by atoms with van der Waals surface area (Å²) >= 11 is 1.86. The Morgan fingerprint density at radius 1 is 0.581 bits per heavy atom. The summed E-state index contributed by atoms with van der Waals surface area (Å²) in [7, 11) is 0. The van der Waals surface area contributed by atoms with Crippen LogP contribution in [0.3, 0.4) is 0 Å². The second-order valence-corrected chi connectivity index (χ2v) is 12.3. The quantitative estimate of drug-likeness (QED) is 0.209. The van der Waals surface area contributed by atoms with Crippen LogP contribution in [0.1, 0.15) is 11.5 Å². The molecule has 0 radical (unpaired) electrons. The number of nitrogens with zero attached hydrogens (tertiary/aromatic N) is 1. The zero-order chi connectivity index (χ0) is 28.3. The van der Waals surface area contributed by atoms with E-state index in [0.29, 0.717) is 0 Å². The van der Waals surface area contributed by atoms with Crippen molar-refractivity contribution in [2.24, 2.45) is 0 Å². The van der Waals surface area contributed by atoms with Gasteiger partial charge in [0.15, 0.2) is 0 Å². The fourth-order valence-electron chi connectivity index (χ4n) is 6.95. The first-order valence-electron chi connectivity index (χ1n) is 14.8.